The third kappa shape index (κ3) is 2.08. The van der Waals surface area contributed by atoms with Gasteiger partial charge in [-0.25, -0.2) is 4.98 Å². The predicted molar refractivity (Wildman–Crippen MR) is 44.8 cm³/mol. The lowest BCUT2D eigenvalue weighted by Crippen LogP contribution is -1.91. The minimum absolute atomic E-state index is 0.0935. The molecule has 0 amide bonds. The maximum atomic E-state index is 9.14. The second-order valence-electron chi connectivity index (χ2n) is 1.91. The molecule has 0 spiro atoms. The molecule has 60 valence electrons. The van der Waals surface area contributed by atoms with Crippen molar-refractivity contribution in [2.24, 2.45) is 0 Å². The molecule has 0 fully saturated rings. The second-order valence-corrected chi connectivity index (χ2v) is 2.67. The molecule has 1 aromatic heterocycles. The Bertz CT molecular complexity index is 252. The van der Waals surface area contributed by atoms with Crippen LogP contribution in [0.2, 0.25) is 0 Å². The van der Waals surface area contributed by atoms with Crippen LogP contribution in [0.25, 0.3) is 0 Å². The number of aromatic hydroxyl groups is 1. The van der Waals surface area contributed by atoms with E-state index in [0.717, 1.165) is 0 Å². The van der Waals surface area contributed by atoms with Crippen molar-refractivity contribution < 1.29 is 9.84 Å². The molecule has 0 radical (unpaired) electrons. The number of rotatable bonds is 2. The lowest BCUT2D eigenvalue weighted by Gasteiger charge is -2.02. The molecule has 1 aromatic rings. The molecule has 0 atom stereocenters. The monoisotopic (exact) mass is 217 g/mol. The normalized spacial score (nSPS) is 9.64. The first-order valence-corrected chi connectivity index (χ1v) is 4.00. The molecule has 4 heteroatoms. The first kappa shape index (κ1) is 8.33. The first-order valence-electron chi connectivity index (χ1n) is 3.21. The molecule has 11 heavy (non-hydrogen) atoms. The standard InChI is InChI=1S/C7H8BrNO2/c1-2-11-5-3-6(10)7(8)9-4-5/h3-4,10H,2H2,1H3. The predicted octanol–water partition coefficient (Wildman–Crippen LogP) is 1.95. The maximum absolute atomic E-state index is 9.14. The molecule has 0 aliphatic heterocycles. The van der Waals surface area contributed by atoms with Gasteiger partial charge in [0.15, 0.2) is 5.75 Å². The smallest absolute Gasteiger partial charge is 0.152 e. The Morgan fingerprint density at radius 3 is 3.00 bits per heavy atom. The summed E-state index contributed by atoms with van der Waals surface area (Å²) in [6.07, 6.45) is 1.55. The highest BCUT2D eigenvalue weighted by Gasteiger charge is 1.99. The van der Waals surface area contributed by atoms with Gasteiger partial charge in [-0.15, -0.1) is 0 Å². The van der Waals surface area contributed by atoms with E-state index in [1.54, 1.807) is 6.20 Å². The van der Waals surface area contributed by atoms with Crippen LogP contribution < -0.4 is 4.74 Å². The fraction of sp³-hybridized carbons (Fsp3) is 0.286. The first-order chi connectivity index (χ1) is 5.24. The number of hydrogen-bond donors (Lipinski definition) is 1. The Morgan fingerprint density at radius 1 is 1.73 bits per heavy atom. The minimum Gasteiger partial charge on any atom is -0.505 e. The summed E-state index contributed by atoms with van der Waals surface area (Å²) in [5.74, 6) is 0.671. The van der Waals surface area contributed by atoms with Gasteiger partial charge in [-0.3, -0.25) is 0 Å². The third-order valence-corrected chi connectivity index (χ3v) is 1.72. The van der Waals surface area contributed by atoms with Crippen molar-refractivity contribution in [1.29, 1.82) is 0 Å². The summed E-state index contributed by atoms with van der Waals surface area (Å²) in [6, 6.07) is 1.51. The van der Waals surface area contributed by atoms with Gasteiger partial charge in [-0.1, -0.05) is 0 Å². The SMILES string of the molecule is CCOc1cnc(Br)c(O)c1. The van der Waals surface area contributed by atoms with Gasteiger partial charge in [0.25, 0.3) is 0 Å². The Balaban J connectivity index is 2.86. The molecule has 0 aliphatic carbocycles. The Hall–Kier alpha value is -0.770. The van der Waals surface area contributed by atoms with Gasteiger partial charge in [0.2, 0.25) is 0 Å². The topological polar surface area (TPSA) is 42.4 Å². The van der Waals surface area contributed by atoms with E-state index in [-0.39, 0.29) is 5.75 Å². The van der Waals surface area contributed by atoms with Crippen LogP contribution in [-0.4, -0.2) is 16.7 Å². The van der Waals surface area contributed by atoms with Crippen molar-refractivity contribution in [2.45, 2.75) is 6.92 Å². The van der Waals surface area contributed by atoms with Crippen LogP contribution in [0.4, 0.5) is 0 Å². The third-order valence-electron chi connectivity index (χ3n) is 1.11. The van der Waals surface area contributed by atoms with Crippen molar-refractivity contribution in [3.8, 4) is 11.5 Å². The minimum atomic E-state index is 0.0935. The average Bonchev–Trinajstić information content (AvgIpc) is 1.98. The molecule has 1 heterocycles. The van der Waals surface area contributed by atoms with Crippen LogP contribution in [0.1, 0.15) is 6.92 Å². The maximum Gasteiger partial charge on any atom is 0.152 e. The van der Waals surface area contributed by atoms with Crippen LogP contribution in [0.3, 0.4) is 0 Å². The fourth-order valence-corrected chi connectivity index (χ4v) is 0.880. The summed E-state index contributed by atoms with van der Waals surface area (Å²) in [7, 11) is 0. The van der Waals surface area contributed by atoms with Crippen LogP contribution in [0.15, 0.2) is 16.9 Å². The lowest BCUT2D eigenvalue weighted by atomic mass is 10.4. The van der Waals surface area contributed by atoms with E-state index in [1.807, 2.05) is 6.92 Å². The van der Waals surface area contributed by atoms with Crippen molar-refractivity contribution in [1.82, 2.24) is 4.98 Å². The molecule has 3 nitrogen and oxygen atoms in total. The number of pyridine rings is 1. The number of halogens is 1. The molecule has 1 N–H and O–H groups in total. The van der Waals surface area contributed by atoms with E-state index < -0.39 is 0 Å². The highest BCUT2D eigenvalue weighted by atomic mass is 79.9. The summed E-state index contributed by atoms with van der Waals surface area (Å²) in [5.41, 5.74) is 0. The van der Waals surface area contributed by atoms with Crippen molar-refractivity contribution in [3.63, 3.8) is 0 Å². The number of aromatic nitrogens is 1. The van der Waals surface area contributed by atoms with E-state index in [0.29, 0.717) is 17.0 Å². The quantitative estimate of drug-likeness (QED) is 0.771. The molecule has 0 saturated carbocycles. The molecule has 0 unspecified atom stereocenters. The second kappa shape index (κ2) is 3.57. The lowest BCUT2D eigenvalue weighted by molar-refractivity contribution is 0.335. The van der Waals surface area contributed by atoms with Gasteiger partial charge < -0.3 is 9.84 Å². The van der Waals surface area contributed by atoms with E-state index in [2.05, 4.69) is 20.9 Å². The van der Waals surface area contributed by atoms with Gasteiger partial charge in [0.05, 0.1) is 12.8 Å². The van der Waals surface area contributed by atoms with Crippen molar-refractivity contribution >= 4 is 15.9 Å². The van der Waals surface area contributed by atoms with Crippen molar-refractivity contribution in [3.05, 3.63) is 16.9 Å². The molecule has 0 saturated heterocycles. The number of hydrogen-bond acceptors (Lipinski definition) is 3. The Kier molecular flexibility index (Phi) is 2.70. The Labute approximate surface area is 73.2 Å². The molecular formula is C7H8BrNO2. The molecule has 0 bridgehead atoms. The largest absolute Gasteiger partial charge is 0.505 e. The number of nitrogens with zero attached hydrogens (tertiary/aromatic N) is 1. The molecule has 1 rings (SSSR count). The van der Waals surface area contributed by atoms with Crippen LogP contribution in [0, 0.1) is 0 Å². The summed E-state index contributed by atoms with van der Waals surface area (Å²) in [6.45, 7) is 2.45. The zero-order valence-electron chi connectivity index (χ0n) is 6.04. The van der Waals surface area contributed by atoms with Crippen LogP contribution >= 0.6 is 15.9 Å². The zero-order chi connectivity index (χ0) is 8.27. The van der Waals surface area contributed by atoms with Crippen LogP contribution in [-0.2, 0) is 0 Å². The molecule has 0 aromatic carbocycles. The number of ether oxygens (including phenoxy) is 1. The van der Waals surface area contributed by atoms with Gasteiger partial charge in [0, 0.05) is 6.07 Å². The van der Waals surface area contributed by atoms with E-state index >= 15 is 0 Å². The fourth-order valence-electron chi connectivity index (χ4n) is 0.664. The van der Waals surface area contributed by atoms with E-state index in [1.165, 1.54) is 6.07 Å². The summed E-state index contributed by atoms with van der Waals surface area (Å²) in [4.78, 5) is 3.84. The van der Waals surface area contributed by atoms with Crippen LogP contribution in [0.5, 0.6) is 11.5 Å². The van der Waals surface area contributed by atoms with Gasteiger partial charge >= 0.3 is 0 Å². The summed E-state index contributed by atoms with van der Waals surface area (Å²) >= 11 is 3.06. The highest BCUT2D eigenvalue weighted by Crippen LogP contribution is 2.24. The van der Waals surface area contributed by atoms with E-state index in [4.69, 9.17) is 9.84 Å². The summed E-state index contributed by atoms with van der Waals surface area (Å²) in [5, 5.41) is 9.14. The molecular weight excluding hydrogens is 210 g/mol. The Morgan fingerprint density at radius 2 is 2.45 bits per heavy atom. The van der Waals surface area contributed by atoms with E-state index in [9.17, 15) is 0 Å². The van der Waals surface area contributed by atoms with Gasteiger partial charge in [-0.05, 0) is 22.9 Å². The highest BCUT2D eigenvalue weighted by molar-refractivity contribution is 9.10. The molecule has 0 aliphatic rings. The summed E-state index contributed by atoms with van der Waals surface area (Å²) < 4.78 is 5.53. The van der Waals surface area contributed by atoms with Crippen molar-refractivity contribution in [2.75, 3.05) is 6.61 Å². The zero-order valence-corrected chi connectivity index (χ0v) is 7.63. The van der Waals surface area contributed by atoms with Gasteiger partial charge in [-0.2, -0.15) is 0 Å². The van der Waals surface area contributed by atoms with Gasteiger partial charge in [0.1, 0.15) is 10.4 Å². The average molecular weight is 218 g/mol.